The van der Waals surface area contributed by atoms with Crippen LogP contribution >= 0.6 is 0 Å². The molecule has 1 unspecified atom stereocenters. The van der Waals surface area contributed by atoms with Crippen LogP contribution in [0, 0.1) is 0 Å². The van der Waals surface area contributed by atoms with Gasteiger partial charge in [-0.3, -0.25) is 14.5 Å². The second-order valence-electron chi connectivity index (χ2n) is 4.13. The summed E-state index contributed by atoms with van der Waals surface area (Å²) in [5.41, 5.74) is 0. The number of carbonyl (C=O) groups excluding carboxylic acids is 1. The van der Waals surface area contributed by atoms with Gasteiger partial charge in [0.05, 0.1) is 20.0 Å². The first kappa shape index (κ1) is 13.0. The van der Waals surface area contributed by atoms with E-state index < -0.39 is 5.97 Å². The lowest BCUT2D eigenvalue weighted by atomic mass is 10.0. The van der Waals surface area contributed by atoms with Crippen LogP contribution < -0.4 is 0 Å². The Bertz CT molecular complexity index is 248. The van der Waals surface area contributed by atoms with Crippen molar-refractivity contribution in [3.8, 4) is 0 Å². The minimum atomic E-state index is -0.862. The zero-order valence-electron chi connectivity index (χ0n) is 9.65. The number of likely N-dealkylation sites (tertiary alicyclic amines) is 1. The SMILES string of the molecule is COC(=O)CC(CC(=O)O)N1CCCCC1. The van der Waals surface area contributed by atoms with Crippen molar-refractivity contribution in [2.45, 2.75) is 38.1 Å². The van der Waals surface area contributed by atoms with Crippen molar-refractivity contribution in [2.75, 3.05) is 20.2 Å². The molecule has 92 valence electrons. The molecule has 1 aliphatic rings. The van der Waals surface area contributed by atoms with E-state index in [4.69, 9.17) is 5.11 Å². The number of carbonyl (C=O) groups is 2. The first-order valence-corrected chi connectivity index (χ1v) is 5.66. The monoisotopic (exact) mass is 229 g/mol. The lowest BCUT2D eigenvalue weighted by molar-refractivity contribution is -0.143. The van der Waals surface area contributed by atoms with E-state index >= 15 is 0 Å². The van der Waals surface area contributed by atoms with Crippen molar-refractivity contribution in [3.05, 3.63) is 0 Å². The summed E-state index contributed by atoms with van der Waals surface area (Å²) < 4.78 is 4.59. The summed E-state index contributed by atoms with van der Waals surface area (Å²) in [5.74, 6) is -1.20. The lowest BCUT2D eigenvalue weighted by Crippen LogP contribution is -2.41. The van der Waals surface area contributed by atoms with E-state index in [1.165, 1.54) is 13.5 Å². The van der Waals surface area contributed by atoms with Crippen LogP contribution in [0.4, 0.5) is 0 Å². The third kappa shape index (κ3) is 4.18. The molecule has 0 aromatic heterocycles. The molecular weight excluding hydrogens is 210 g/mol. The van der Waals surface area contributed by atoms with E-state index in [1.54, 1.807) is 0 Å². The van der Waals surface area contributed by atoms with Crippen molar-refractivity contribution in [2.24, 2.45) is 0 Å². The Morgan fingerprint density at radius 1 is 1.25 bits per heavy atom. The number of piperidine rings is 1. The minimum absolute atomic E-state index is 0.00903. The van der Waals surface area contributed by atoms with Gasteiger partial charge in [0.15, 0.2) is 0 Å². The first-order chi connectivity index (χ1) is 7.63. The van der Waals surface area contributed by atoms with E-state index in [-0.39, 0.29) is 24.9 Å². The number of rotatable bonds is 5. The summed E-state index contributed by atoms with van der Waals surface area (Å²) in [7, 11) is 1.33. The van der Waals surface area contributed by atoms with Gasteiger partial charge in [0, 0.05) is 6.04 Å². The molecule has 1 saturated heterocycles. The maximum absolute atomic E-state index is 11.2. The van der Waals surface area contributed by atoms with Gasteiger partial charge in [0.2, 0.25) is 0 Å². The van der Waals surface area contributed by atoms with E-state index in [2.05, 4.69) is 9.64 Å². The number of ether oxygens (including phenoxy) is 1. The molecule has 0 aromatic carbocycles. The Morgan fingerprint density at radius 2 is 1.88 bits per heavy atom. The molecule has 0 amide bonds. The largest absolute Gasteiger partial charge is 0.481 e. The summed E-state index contributed by atoms with van der Waals surface area (Å²) in [6.45, 7) is 1.77. The van der Waals surface area contributed by atoms with Gasteiger partial charge in [-0.1, -0.05) is 6.42 Å². The number of hydrogen-bond acceptors (Lipinski definition) is 4. The Balaban J connectivity index is 2.53. The fourth-order valence-corrected chi connectivity index (χ4v) is 2.09. The molecule has 0 radical (unpaired) electrons. The van der Waals surface area contributed by atoms with Crippen molar-refractivity contribution >= 4 is 11.9 Å². The normalized spacial score (nSPS) is 19.1. The fraction of sp³-hybridized carbons (Fsp3) is 0.818. The van der Waals surface area contributed by atoms with Crippen LogP contribution in [0.25, 0.3) is 0 Å². The number of aliphatic carboxylic acids is 1. The smallest absolute Gasteiger partial charge is 0.307 e. The molecule has 0 aliphatic carbocycles. The number of nitrogens with zero attached hydrogens (tertiary/aromatic N) is 1. The van der Waals surface area contributed by atoms with E-state index in [9.17, 15) is 9.59 Å². The Morgan fingerprint density at radius 3 is 2.38 bits per heavy atom. The number of methoxy groups -OCH3 is 1. The van der Waals surface area contributed by atoms with Crippen LogP contribution in [0.2, 0.25) is 0 Å². The molecule has 0 saturated carbocycles. The molecule has 1 aliphatic heterocycles. The van der Waals surface area contributed by atoms with Crippen molar-refractivity contribution in [3.63, 3.8) is 0 Å². The maximum Gasteiger partial charge on any atom is 0.307 e. The average molecular weight is 229 g/mol. The summed E-state index contributed by atoms with van der Waals surface area (Å²) in [6, 6.07) is -0.217. The second kappa shape index (κ2) is 6.48. The van der Waals surface area contributed by atoms with Gasteiger partial charge in [0.25, 0.3) is 0 Å². The van der Waals surface area contributed by atoms with Gasteiger partial charge in [-0.2, -0.15) is 0 Å². The molecule has 1 rings (SSSR count). The van der Waals surface area contributed by atoms with Crippen LogP contribution in [0.5, 0.6) is 0 Å². The Hall–Kier alpha value is -1.10. The summed E-state index contributed by atoms with van der Waals surface area (Å²) in [6.07, 6.45) is 3.53. The van der Waals surface area contributed by atoms with Gasteiger partial charge in [-0.05, 0) is 25.9 Å². The van der Waals surface area contributed by atoms with Crippen molar-refractivity contribution in [1.82, 2.24) is 4.90 Å². The molecule has 1 atom stereocenters. The van der Waals surface area contributed by atoms with E-state index in [1.807, 2.05) is 0 Å². The molecule has 0 spiro atoms. The molecule has 1 N–H and O–H groups in total. The Labute approximate surface area is 95.4 Å². The van der Waals surface area contributed by atoms with Gasteiger partial charge in [-0.25, -0.2) is 0 Å². The van der Waals surface area contributed by atoms with Crippen LogP contribution in [0.15, 0.2) is 0 Å². The molecular formula is C11H19NO4. The topological polar surface area (TPSA) is 66.8 Å². The summed E-state index contributed by atoms with van der Waals surface area (Å²) >= 11 is 0. The number of carboxylic acids is 1. The maximum atomic E-state index is 11.2. The molecule has 5 heteroatoms. The average Bonchev–Trinajstić information content (AvgIpc) is 2.28. The zero-order valence-corrected chi connectivity index (χ0v) is 9.65. The molecule has 1 fully saturated rings. The molecule has 0 aromatic rings. The van der Waals surface area contributed by atoms with Crippen LogP contribution in [-0.2, 0) is 14.3 Å². The summed E-state index contributed by atoms with van der Waals surface area (Å²) in [5, 5.41) is 8.82. The van der Waals surface area contributed by atoms with Gasteiger partial charge in [0.1, 0.15) is 0 Å². The predicted octanol–water partition coefficient (Wildman–Crippen LogP) is 0.879. The predicted molar refractivity (Wildman–Crippen MR) is 58.1 cm³/mol. The zero-order chi connectivity index (χ0) is 12.0. The van der Waals surface area contributed by atoms with E-state index in [0.29, 0.717) is 0 Å². The van der Waals surface area contributed by atoms with Crippen LogP contribution in [0.3, 0.4) is 0 Å². The van der Waals surface area contributed by atoms with Crippen LogP contribution in [0.1, 0.15) is 32.1 Å². The third-order valence-corrected chi connectivity index (χ3v) is 2.95. The van der Waals surface area contributed by atoms with Gasteiger partial charge in [-0.15, -0.1) is 0 Å². The first-order valence-electron chi connectivity index (χ1n) is 5.66. The molecule has 1 heterocycles. The lowest BCUT2D eigenvalue weighted by Gasteiger charge is -2.33. The quantitative estimate of drug-likeness (QED) is 0.709. The minimum Gasteiger partial charge on any atom is -0.481 e. The highest BCUT2D eigenvalue weighted by atomic mass is 16.5. The standard InChI is InChI=1S/C11H19NO4/c1-16-11(15)8-9(7-10(13)14)12-5-3-2-4-6-12/h9H,2-8H2,1H3,(H,13,14). The van der Waals surface area contributed by atoms with Gasteiger partial charge >= 0.3 is 11.9 Å². The summed E-state index contributed by atoms with van der Waals surface area (Å²) in [4.78, 5) is 24.0. The second-order valence-corrected chi connectivity index (χ2v) is 4.13. The van der Waals surface area contributed by atoms with Gasteiger partial charge < -0.3 is 9.84 Å². The highest BCUT2D eigenvalue weighted by Crippen LogP contribution is 2.17. The molecule has 5 nitrogen and oxygen atoms in total. The number of hydrogen-bond donors (Lipinski definition) is 1. The highest BCUT2D eigenvalue weighted by molar-refractivity contribution is 5.72. The van der Waals surface area contributed by atoms with Crippen molar-refractivity contribution < 1.29 is 19.4 Å². The third-order valence-electron chi connectivity index (χ3n) is 2.95. The van der Waals surface area contributed by atoms with E-state index in [0.717, 1.165) is 25.9 Å². The highest BCUT2D eigenvalue weighted by Gasteiger charge is 2.25. The Kier molecular flexibility index (Phi) is 5.25. The fourth-order valence-electron chi connectivity index (χ4n) is 2.09. The molecule has 0 bridgehead atoms. The number of esters is 1. The van der Waals surface area contributed by atoms with Crippen molar-refractivity contribution in [1.29, 1.82) is 0 Å². The number of carboxylic acid groups (broad SMARTS) is 1. The van der Waals surface area contributed by atoms with Crippen LogP contribution in [-0.4, -0.2) is 48.2 Å². The molecule has 16 heavy (non-hydrogen) atoms.